The molecule has 1 atom stereocenters. The molecule has 0 aromatic heterocycles. The molecular weight excluding hydrogens is 568 g/mol. The van der Waals surface area contributed by atoms with Crippen molar-refractivity contribution in [2.75, 3.05) is 0 Å². The number of carbonyl (C=O) groups excluding carboxylic acids is 1. The van der Waals surface area contributed by atoms with E-state index in [1.165, 1.54) is 154 Å². The highest BCUT2D eigenvalue weighted by Crippen LogP contribution is 2.19. The first-order valence-corrected chi connectivity index (χ1v) is 20.3. The smallest absolute Gasteiger partial charge is 0.306 e. The number of unbranched alkanes of at least 4 members (excludes halogenated alkanes) is 24. The number of aliphatic carboxylic acids is 1. The van der Waals surface area contributed by atoms with Crippen molar-refractivity contribution in [3.63, 3.8) is 0 Å². The summed E-state index contributed by atoms with van der Waals surface area (Å²) in [6, 6.07) is 0. The third-order valence-corrected chi connectivity index (χ3v) is 9.18. The first-order chi connectivity index (χ1) is 22.6. The van der Waals surface area contributed by atoms with Crippen molar-refractivity contribution in [1.82, 2.24) is 0 Å². The second kappa shape index (κ2) is 37.9. The van der Waals surface area contributed by atoms with Crippen LogP contribution in [0.4, 0.5) is 0 Å². The molecule has 4 heteroatoms. The Labute approximate surface area is 287 Å². The van der Waals surface area contributed by atoms with Crippen LogP contribution in [-0.4, -0.2) is 23.1 Å². The normalized spacial score (nSPS) is 12.4. The Balaban J connectivity index is 3.87. The quantitative estimate of drug-likeness (QED) is 0.0414. The summed E-state index contributed by atoms with van der Waals surface area (Å²) in [6.07, 6.45) is 47.9. The molecule has 4 nitrogen and oxygen atoms in total. The Bertz CT molecular complexity index is 698. The van der Waals surface area contributed by atoms with Crippen LogP contribution in [0.3, 0.4) is 0 Å². The van der Waals surface area contributed by atoms with Crippen LogP contribution < -0.4 is 0 Å². The van der Waals surface area contributed by atoms with E-state index in [0.29, 0.717) is 12.8 Å². The standard InChI is InChI=1S/C42H78O4/c1-3-5-7-9-10-11-12-13-14-15-16-17-21-24-27-31-35-39-42(45)46-40(36-32-28-8-6-4-2)37-33-29-25-22-19-18-20-23-26-30-34-38-41(43)44/h10-11,13-14,40H,3-9,12,15-39H2,1-2H3,(H,43,44)/b11-10-,14-13-. The summed E-state index contributed by atoms with van der Waals surface area (Å²) in [5.74, 6) is -0.640. The van der Waals surface area contributed by atoms with Gasteiger partial charge in [0, 0.05) is 12.8 Å². The van der Waals surface area contributed by atoms with Gasteiger partial charge in [-0.15, -0.1) is 0 Å². The molecule has 0 aromatic carbocycles. The van der Waals surface area contributed by atoms with Gasteiger partial charge in [0.15, 0.2) is 0 Å². The minimum Gasteiger partial charge on any atom is -0.481 e. The Kier molecular flexibility index (Phi) is 36.6. The predicted molar refractivity (Wildman–Crippen MR) is 200 cm³/mol. The highest BCUT2D eigenvalue weighted by molar-refractivity contribution is 5.69. The molecule has 0 amide bonds. The van der Waals surface area contributed by atoms with Crippen molar-refractivity contribution in [2.45, 2.75) is 232 Å². The molecule has 46 heavy (non-hydrogen) atoms. The molecule has 0 saturated heterocycles. The number of carboxylic acids is 1. The molecule has 1 N–H and O–H groups in total. The van der Waals surface area contributed by atoms with Gasteiger partial charge in [-0.25, -0.2) is 0 Å². The van der Waals surface area contributed by atoms with Crippen molar-refractivity contribution in [3.05, 3.63) is 24.3 Å². The van der Waals surface area contributed by atoms with Gasteiger partial charge in [0.05, 0.1) is 0 Å². The number of carboxylic acid groups (broad SMARTS) is 1. The van der Waals surface area contributed by atoms with E-state index in [1.807, 2.05) is 0 Å². The number of allylic oxidation sites excluding steroid dienone is 4. The third kappa shape index (κ3) is 36.9. The van der Waals surface area contributed by atoms with Crippen molar-refractivity contribution >= 4 is 11.9 Å². The fourth-order valence-electron chi connectivity index (χ4n) is 6.16. The first kappa shape index (κ1) is 44.4. The van der Waals surface area contributed by atoms with E-state index in [9.17, 15) is 9.59 Å². The second-order valence-electron chi connectivity index (χ2n) is 13.8. The highest BCUT2D eigenvalue weighted by atomic mass is 16.5. The van der Waals surface area contributed by atoms with E-state index in [-0.39, 0.29) is 12.1 Å². The average Bonchev–Trinajstić information content (AvgIpc) is 3.04. The largest absolute Gasteiger partial charge is 0.481 e. The first-order valence-electron chi connectivity index (χ1n) is 20.3. The van der Waals surface area contributed by atoms with Crippen LogP contribution >= 0.6 is 0 Å². The highest BCUT2D eigenvalue weighted by Gasteiger charge is 2.14. The van der Waals surface area contributed by atoms with Crippen molar-refractivity contribution < 1.29 is 19.4 Å². The number of hydrogen-bond acceptors (Lipinski definition) is 3. The fraction of sp³-hybridized carbons (Fsp3) is 0.857. The molecule has 1 unspecified atom stereocenters. The third-order valence-electron chi connectivity index (χ3n) is 9.18. The zero-order valence-electron chi connectivity index (χ0n) is 30.9. The van der Waals surface area contributed by atoms with Gasteiger partial charge < -0.3 is 9.84 Å². The minimum atomic E-state index is -0.672. The zero-order valence-corrected chi connectivity index (χ0v) is 30.9. The fourth-order valence-corrected chi connectivity index (χ4v) is 6.16. The van der Waals surface area contributed by atoms with Gasteiger partial charge in [-0.05, 0) is 70.6 Å². The lowest BCUT2D eigenvalue weighted by Crippen LogP contribution is -2.18. The van der Waals surface area contributed by atoms with E-state index in [4.69, 9.17) is 9.84 Å². The Hall–Kier alpha value is -1.58. The lowest BCUT2D eigenvalue weighted by atomic mass is 10.0. The molecule has 0 fully saturated rings. The van der Waals surface area contributed by atoms with Crippen LogP contribution in [0.15, 0.2) is 24.3 Å². The molecule has 0 spiro atoms. The topological polar surface area (TPSA) is 63.6 Å². The molecule has 0 aromatic rings. The molecule has 0 radical (unpaired) electrons. The number of ether oxygens (including phenoxy) is 1. The lowest BCUT2D eigenvalue weighted by Gasteiger charge is -2.18. The Morgan fingerprint density at radius 1 is 0.478 bits per heavy atom. The van der Waals surface area contributed by atoms with E-state index in [0.717, 1.165) is 44.9 Å². The van der Waals surface area contributed by atoms with Gasteiger partial charge in [-0.3, -0.25) is 9.59 Å². The molecule has 0 bridgehead atoms. The summed E-state index contributed by atoms with van der Waals surface area (Å²) in [6.45, 7) is 4.51. The van der Waals surface area contributed by atoms with Gasteiger partial charge in [0.2, 0.25) is 0 Å². The van der Waals surface area contributed by atoms with Gasteiger partial charge in [-0.2, -0.15) is 0 Å². The summed E-state index contributed by atoms with van der Waals surface area (Å²) in [4.78, 5) is 23.2. The maximum absolute atomic E-state index is 12.6. The van der Waals surface area contributed by atoms with Crippen LogP contribution in [0, 0.1) is 0 Å². The average molecular weight is 647 g/mol. The molecule has 0 heterocycles. The summed E-state index contributed by atoms with van der Waals surface area (Å²) in [5, 5.41) is 8.70. The summed E-state index contributed by atoms with van der Waals surface area (Å²) >= 11 is 0. The number of rotatable bonds is 37. The van der Waals surface area contributed by atoms with E-state index in [1.54, 1.807) is 0 Å². The second-order valence-corrected chi connectivity index (χ2v) is 13.8. The minimum absolute atomic E-state index is 0.0316. The van der Waals surface area contributed by atoms with E-state index in [2.05, 4.69) is 38.2 Å². The van der Waals surface area contributed by atoms with E-state index >= 15 is 0 Å². The van der Waals surface area contributed by atoms with Crippen molar-refractivity contribution in [1.29, 1.82) is 0 Å². The number of hydrogen-bond donors (Lipinski definition) is 1. The number of esters is 1. The SMILES string of the molecule is CCCCC/C=C\C/C=C\CCCCCCCCCC(=O)OC(CCCCCCC)CCCCCCCCCCCCCC(=O)O. The molecule has 270 valence electrons. The Morgan fingerprint density at radius 2 is 0.848 bits per heavy atom. The Morgan fingerprint density at radius 3 is 1.33 bits per heavy atom. The van der Waals surface area contributed by atoms with Crippen molar-refractivity contribution in [3.8, 4) is 0 Å². The van der Waals surface area contributed by atoms with Gasteiger partial charge >= 0.3 is 11.9 Å². The molecule has 0 saturated carbocycles. The maximum atomic E-state index is 12.6. The monoisotopic (exact) mass is 647 g/mol. The summed E-state index contributed by atoms with van der Waals surface area (Å²) < 4.78 is 6.02. The van der Waals surface area contributed by atoms with Gasteiger partial charge in [0.1, 0.15) is 6.10 Å². The van der Waals surface area contributed by atoms with Crippen LogP contribution in [0.1, 0.15) is 226 Å². The van der Waals surface area contributed by atoms with Crippen LogP contribution in [0.5, 0.6) is 0 Å². The summed E-state index contributed by atoms with van der Waals surface area (Å²) in [7, 11) is 0. The maximum Gasteiger partial charge on any atom is 0.306 e. The van der Waals surface area contributed by atoms with Gasteiger partial charge in [0.25, 0.3) is 0 Å². The zero-order chi connectivity index (χ0) is 33.6. The van der Waals surface area contributed by atoms with Crippen LogP contribution in [0.25, 0.3) is 0 Å². The summed E-state index contributed by atoms with van der Waals surface area (Å²) in [5.41, 5.74) is 0. The molecule has 0 rings (SSSR count). The van der Waals surface area contributed by atoms with Crippen molar-refractivity contribution in [2.24, 2.45) is 0 Å². The lowest BCUT2D eigenvalue weighted by molar-refractivity contribution is -0.150. The van der Waals surface area contributed by atoms with Crippen LogP contribution in [-0.2, 0) is 14.3 Å². The molecule has 0 aliphatic carbocycles. The molecular formula is C42H78O4. The van der Waals surface area contributed by atoms with Crippen LogP contribution in [0.2, 0.25) is 0 Å². The molecule has 0 aliphatic rings. The molecule has 0 aliphatic heterocycles. The van der Waals surface area contributed by atoms with E-state index < -0.39 is 5.97 Å². The van der Waals surface area contributed by atoms with Gasteiger partial charge in [-0.1, -0.05) is 167 Å². The number of carbonyl (C=O) groups is 2. The predicted octanol–water partition coefficient (Wildman–Crippen LogP) is 14.0.